The van der Waals surface area contributed by atoms with Crippen molar-refractivity contribution < 1.29 is 22.7 Å². The van der Waals surface area contributed by atoms with Gasteiger partial charge in [0.2, 0.25) is 0 Å². The number of halogens is 5. The van der Waals surface area contributed by atoms with Crippen molar-refractivity contribution in [3.63, 3.8) is 0 Å². The van der Waals surface area contributed by atoms with Gasteiger partial charge in [0.05, 0.1) is 15.7 Å². The molecule has 0 fully saturated rings. The largest absolute Gasteiger partial charge is 0.487 e. The van der Waals surface area contributed by atoms with E-state index in [0.29, 0.717) is 11.3 Å². The zero-order valence-corrected chi connectivity index (χ0v) is 19.2. The van der Waals surface area contributed by atoms with Gasteiger partial charge in [0.15, 0.2) is 5.69 Å². The molecule has 4 nitrogen and oxygen atoms in total. The summed E-state index contributed by atoms with van der Waals surface area (Å²) in [4.78, 5) is 10.9. The first-order valence-electron chi connectivity index (χ1n) is 10.1. The normalized spacial score (nSPS) is 11.5. The van der Waals surface area contributed by atoms with Crippen LogP contribution in [0.4, 0.5) is 13.2 Å². The number of aldehydes is 1. The van der Waals surface area contributed by atoms with Crippen molar-refractivity contribution in [3.05, 3.63) is 99.3 Å². The summed E-state index contributed by atoms with van der Waals surface area (Å²) in [6.07, 6.45) is -3.87. The lowest BCUT2D eigenvalue weighted by atomic mass is 10.0. The van der Waals surface area contributed by atoms with E-state index < -0.39 is 11.9 Å². The Hall–Kier alpha value is -3.29. The minimum atomic E-state index is -4.65. The Morgan fingerprint density at radius 3 is 2.21 bits per heavy atom. The molecule has 0 bridgehead atoms. The first-order valence-corrected chi connectivity index (χ1v) is 10.8. The van der Waals surface area contributed by atoms with E-state index in [1.165, 1.54) is 12.1 Å². The van der Waals surface area contributed by atoms with E-state index in [0.717, 1.165) is 33.7 Å². The van der Waals surface area contributed by atoms with Crippen LogP contribution in [-0.2, 0) is 12.8 Å². The van der Waals surface area contributed by atoms with E-state index in [-0.39, 0.29) is 28.0 Å². The van der Waals surface area contributed by atoms with Gasteiger partial charge >= 0.3 is 6.18 Å². The number of hydrogen-bond acceptors (Lipinski definition) is 3. The Bertz CT molecular complexity index is 1330. The molecular weight excluding hydrogens is 488 g/mol. The van der Waals surface area contributed by atoms with Crippen LogP contribution in [0.2, 0.25) is 10.0 Å². The molecule has 0 spiro atoms. The maximum Gasteiger partial charge on any atom is 0.435 e. The highest BCUT2D eigenvalue weighted by atomic mass is 35.5. The molecule has 0 aliphatic carbocycles. The van der Waals surface area contributed by atoms with Crippen molar-refractivity contribution in [1.82, 2.24) is 9.78 Å². The lowest BCUT2D eigenvalue weighted by Crippen LogP contribution is -2.09. The summed E-state index contributed by atoms with van der Waals surface area (Å²) in [5, 5.41) is 4.01. The lowest BCUT2D eigenvalue weighted by Gasteiger charge is -2.14. The van der Waals surface area contributed by atoms with Gasteiger partial charge in [0.1, 0.15) is 24.3 Å². The molecule has 0 N–H and O–H groups in total. The number of alkyl halides is 3. The predicted molar refractivity (Wildman–Crippen MR) is 125 cm³/mol. The van der Waals surface area contributed by atoms with Crippen LogP contribution < -0.4 is 4.74 Å². The van der Waals surface area contributed by atoms with Crippen molar-refractivity contribution >= 4 is 29.5 Å². The Labute approximate surface area is 203 Å². The SMILES string of the molecule is Cc1cc(-c2ccc(C=O)cc2)ccc1OCc1cc(C(F)(F)F)nn1-c1c(Cl)cccc1Cl. The molecule has 0 atom stereocenters. The summed E-state index contributed by atoms with van der Waals surface area (Å²) in [5.41, 5.74) is 2.40. The van der Waals surface area contributed by atoms with E-state index in [1.807, 2.05) is 31.2 Å². The van der Waals surface area contributed by atoms with Crippen molar-refractivity contribution in [2.45, 2.75) is 19.7 Å². The van der Waals surface area contributed by atoms with E-state index in [9.17, 15) is 18.0 Å². The smallest absolute Gasteiger partial charge is 0.435 e. The first kappa shape index (κ1) is 23.9. The van der Waals surface area contributed by atoms with Crippen LogP contribution >= 0.6 is 23.2 Å². The zero-order valence-electron chi connectivity index (χ0n) is 17.7. The fourth-order valence-electron chi connectivity index (χ4n) is 3.44. The average molecular weight is 505 g/mol. The minimum Gasteiger partial charge on any atom is -0.487 e. The third-order valence-corrected chi connectivity index (χ3v) is 5.76. The molecule has 34 heavy (non-hydrogen) atoms. The Morgan fingerprint density at radius 1 is 0.971 bits per heavy atom. The molecule has 1 heterocycles. The second-order valence-electron chi connectivity index (χ2n) is 7.51. The van der Waals surface area contributed by atoms with Crippen LogP contribution in [0.3, 0.4) is 0 Å². The quantitative estimate of drug-likeness (QED) is 0.254. The van der Waals surface area contributed by atoms with Gasteiger partial charge in [-0.05, 0) is 53.9 Å². The number of para-hydroxylation sites is 1. The molecule has 0 amide bonds. The van der Waals surface area contributed by atoms with Crippen molar-refractivity contribution in [3.8, 4) is 22.6 Å². The van der Waals surface area contributed by atoms with Gasteiger partial charge in [0.25, 0.3) is 0 Å². The summed E-state index contributed by atoms with van der Waals surface area (Å²) in [7, 11) is 0. The first-order chi connectivity index (χ1) is 16.2. The third kappa shape index (κ3) is 4.95. The van der Waals surface area contributed by atoms with E-state index in [1.54, 1.807) is 24.3 Å². The molecule has 0 unspecified atom stereocenters. The summed E-state index contributed by atoms with van der Waals surface area (Å²) in [6, 6.07) is 18.1. The fraction of sp³-hybridized carbons (Fsp3) is 0.120. The van der Waals surface area contributed by atoms with Crippen LogP contribution in [-0.4, -0.2) is 16.1 Å². The molecule has 1 aromatic heterocycles. The van der Waals surface area contributed by atoms with Gasteiger partial charge in [-0.2, -0.15) is 18.3 Å². The highest BCUT2D eigenvalue weighted by molar-refractivity contribution is 6.37. The van der Waals surface area contributed by atoms with Crippen LogP contribution in [0.25, 0.3) is 16.8 Å². The van der Waals surface area contributed by atoms with Gasteiger partial charge < -0.3 is 4.74 Å². The minimum absolute atomic E-state index is 0.134. The topological polar surface area (TPSA) is 44.1 Å². The number of nitrogens with zero attached hydrogens (tertiary/aromatic N) is 2. The number of aromatic nitrogens is 2. The molecular formula is C25H17Cl2F3N2O2. The third-order valence-electron chi connectivity index (χ3n) is 5.15. The summed E-state index contributed by atoms with van der Waals surface area (Å²) in [6.45, 7) is 1.64. The zero-order chi connectivity index (χ0) is 24.5. The van der Waals surface area contributed by atoms with E-state index >= 15 is 0 Å². The van der Waals surface area contributed by atoms with Crippen LogP contribution in [0.15, 0.2) is 66.7 Å². The maximum absolute atomic E-state index is 13.4. The van der Waals surface area contributed by atoms with Gasteiger partial charge in [-0.15, -0.1) is 0 Å². The molecule has 0 aliphatic heterocycles. The van der Waals surface area contributed by atoms with Crippen LogP contribution in [0, 0.1) is 6.92 Å². The molecule has 174 valence electrons. The van der Waals surface area contributed by atoms with Crippen molar-refractivity contribution in [2.24, 2.45) is 0 Å². The number of benzene rings is 3. The monoisotopic (exact) mass is 504 g/mol. The van der Waals surface area contributed by atoms with Gasteiger partial charge in [-0.3, -0.25) is 4.79 Å². The molecule has 4 rings (SSSR count). The summed E-state index contributed by atoms with van der Waals surface area (Å²) < 4.78 is 47.0. The molecule has 0 aliphatic rings. The predicted octanol–water partition coefficient (Wildman–Crippen LogP) is 7.56. The number of rotatable bonds is 6. The highest BCUT2D eigenvalue weighted by Gasteiger charge is 2.35. The number of carbonyl (C=O) groups is 1. The van der Waals surface area contributed by atoms with Gasteiger partial charge in [-0.1, -0.05) is 59.6 Å². The molecule has 0 radical (unpaired) electrons. The maximum atomic E-state index is 13.4. The van der Waals surface area contributed by atoms with Crippen LogP contribution in [0.1, 0.15) is 27.3 Å². The highest BCUT2D eigenvalue weighted by Crippen LogP contribution is 2.34. The summed E-state index contributed by atoms with van der Waals surface area (Å²) in [5.74, 6) is 0.500. The average Bonchev–Trinajstić information content (AvgIpc) is 3.22. The lowest BCUT2D eigenvalue weighted by molar-refractivity contribution is -0.141. The standard InChI is InChI=1S/C25H17Cl2F3N2O2/c1-15-11-18(17-7-5-16(13-33)6-8-17)9-10-22(15)34-14-19-12-23(25(28,29)30)31-32(19)24-20(26)3-2-4-21(24)27/h2-13H,14H2,1H3. The van der Waals surface area contributed by atoms with Gasteiger partial charge in [-0.25, -0.2) is 4.68 Å². The number of hydrogen-bond donors (Lipinski definition) is 0. The van der Waals surface area contributed by atoms with Crippen molar-refractivity contribution in [1.29, 1.82) is 0 Å². The fourth-order valence-corrected chi connectivity index (χ4v) is 4.00. The Kier molecular flexibility index (Phi) is 6.68. The Morgan fingerprint density at radius 2 is 1.62 bits per heavy atom. The Balaban J connectivity index is 1.63. The van der Waals surface area contributed by atoms with Gasteiger partial charge in [0, 0.05) is 5.56 Å². The number of carbonyl (C=O) groups excluding carboxylic acids is 1. The van der Waals surface area contributed by atoms with Crippen LogP contribution in [0.5, 0.6) is 5.75 Å². The molecule has 0 saturated carbocycles. The summed E-state index contributed by atoms with van der Waals surface area (Å²) >= 11 is 12.4. The second kappa shape index (κ2) is 9.52. The molecule has 0 saturated heterocycles. The van der Waals surface area contributed by atoms with Crippen molar-refractivity contribution in [2.75, 3.05) is 0 Å². The number of aryl methyl sites for hydroxylation is 1. The molecule has 4 aromatic rings. The second-order valence-corrected chi connectivity index (χ2v) is 8.32. The number of ether oxygens (including phenoxy) is 1. The van der Waals surface area contributed by atoms with E-state index in [2.05, 4.69) is 5.10 Å². The molecule has 9 heteroatoms. The molecule has 3 aromatic carbocycles. The van der Waals surface area contributed by atoms with E-state index in [4.69, 9.17) is 27.9 Å².